The number of ether oxygens (including phenoxy) is 17. The van der Waals surface area contributed by atoms with Crippen molar-refractivity contribution in [3.63, 3.8) is 0 Å². The second kappa shape index (κ2) is 23.2. The first-order chi connectivity index (χ1) is 29.0. The third kappa shape index (κ3) is 11.5. The van der Waals surface area contributed by atoms with Gasteiger partial charge in [0.05, 0.1) is 14.2 Å². The highest BCUT2D eigenvalue weighted by Gasteiger charge is 2.58. The summed E-state index contributed by atoms with van der Waals surface area (Å²) in [6.07, 6.45) is -29.9. The molecule has 20 atom stereocenters. The lowest BCUT2D eigenvalue weighted by Gasteiger charge is -2.50. The van der Waals surface area contributed by atoms with E-state index in [1.54, 1.807) is 0 Å². The largest absolute Gasteiger partial charge is 0.467 e. The van der Waals surface area contributed by atoms with Crippen LogP contribution in [0.25, 0.3) is 0 Å². The van der Waals surface area contributed by atoms with E-state index in [0.717, 1.165) is 21.1 Å². The summed E-state index contributed by atoms with van der Waals surface area (Å²) in [5.41, 5.74) is 0. The monoisotopic (exact) mass is 890 g/mol. The van der Waals surface area contributed by atoms with Crippen molar-refractivity contribution in [2.24, 2.45) is 0 Å². The van der Waals surface area contributed by atoms with Crippen molar-refractivity contribution in [2.75, 3.05) is 70.1 Å². The summed E-state index contributed by atoms with van der Waals surface area (Å²) < 4.78 is 95.6. The fraction of sp³-hybridized carbons (Fsp3) is 0.889. The molecule has 4 rings (SSSR count). The van der Waals surface area contributed by atoms with Crippen molar-refractivity contribution in [2.45, 2.75) is 137 Å². The van der Waals surface area contributed by atoms with E-state index in [9.17, 15) is 39.6 Å². The van der Waals surface area contributed by atoms with E-state index < -0.39 is 153 Å². The molecule has 352 valence electrons. The van der Waals surface area contributed by atoms with Crippen molar-refractivity contribution < 1.29 is 120 Å². The molecule has 4 aliphatic rings. The molecule has 61 heavy (non-hydrogen) atoms. The van der Waals surface area contributed by atoms with E-state index in [2.05, 4.69) is 0 Å². The number of rotatable bonds is 18. The van der Waals surface area contributed by atoms with Gasteiger partial charge in [0.25, 0.3) is 0 Å². The van der Waals surface area contributed by atoms with Crippen LogP contribution >= 0.6 is 0 Å². The normalized spacial score (nSPS) is 41.7. The van der Waals surface area contributed by atoms with Crippen LogP contribution in [0.2, 0.25) is 0 Å². The Kier molecular flexibility index (Phi) is 19.4. The summed E-state index contributed by atoms with van der Waals surface area (Å²) in [6.45, 7) is 1.29. The van der Waals surface area contributed by atoms with Gasteiger partial charge in [0.2, 0.25) is 0 Å². The number of hydrogen-bond donors (Lipinski definition) is 4. The van der Waals surface area contributed by atoms with Gasteiger partial charge in [-0.2, -0.15) is 0 Å². The minimum Gasteiger partial charge on any atom is -0.467 e. The van der Waals surface area contributed by atoms with Gasteiger partial charge < -0.3 is 101 Å². The highest BCUT2D eigenvalue weighted by Crippen LogP contribution is 2.37. The summed E-state index contributed by atoms with van der Waals surface area (Å²) in [5, 5.41) is 44.9. The van der Waals surface area contributed by atoms with Crippen LogP contribution in [0.1, 0.15) is 13.8 Å². The number of carbonyl (C=O) groups is 4. The van der Waals surface area contributed by atoms with Crippen molar-refractivity contribution in [3.05, 3.63) is 0 Å². The van der Waals surface area contributed by atoms with E-state index in [4.69, 9.17) is 80.5 Å². The van der Waals surface area contributed by atoms with Crippen LogP contribution in [0.5, 0.6) is 0 Å². The molecule has 4 N–H and O–H groups in total. The Morgan fingerprint density at radius 1 is 0.410 bits per heavy atom. The molecular formula is C36H58O25. The molecule has 0 saturated carbocycles. The predicted octanol–water partition coefficient (Wildman–Crippen LogP) is -4.32. The lowest BCUT2D eigenvalue weighted by molar-refractivity contribution is -0.387. The molecule has 0 aromatic carbocycles. The third-order valence-electron chi connectivity index (χ3n) is 10.5. The molecule has 0 amide bonds. The lowest BCUT2D eigenvalue weighted by atomic mass is 9.95. The predicted molar refractivity (Wildman–Crippen MR) is 192 cm³/mol. The number of carbonyl (C=O) groups excluding carboxylic acids is 4. The quantitative estimate of drug-likeness (QED) is 0.0747. The average molecular weight is 891 g/mol. The molecule has 8 unspecified atom stereocenters. The van der Waals surface area contributed by atoms with E-state index in [0.29, 0.717) is 0 Å². The molecule has 0 bridgehead atoms. The van der Waals surface area contributed by atoms with Gasteiger partial charge in [0, 0.05) is 56.5 Å². The summed E-state index contributed by atoms with van der Waals surface area (Å²) in [4.78, 5) is 49.7. The lowest BCUT2D eigenvalue weighted by Crippen LogP contribution is -2.68. The molecule has 0 radical (unpaired) electrons. The molecule has 0 aliphatic carbocycles. The number of aliphatic hydroxyl groups excluding tert-OH is 4. The first-order valence-corrected chi connectivity index (χ1v) is 19.0. The molecule has 0 aromatic rings. The van der Waals surface area contributed by atoms with Crippen molar-refractivity contribution >= 4 is 23.9 Å². The molecular weight excluding hydrogens is 832 g/mol. The van der Waals surface area contributed by atoms with E-state index in [1.807, 2.05) is 0 Å². The molecule has 4 aliphatic heterocycles. The Morgan fingerprint density at radius 2 is 0.836 bits per heavy atom. The van der Waals surface area contributed by atoms with Gasteiger partial charge in [-0.25, -0.2) is 9.59 Å². The van der Waals surface area contributed by atoms with Gasteiger partial charge in [0.1, 0.15) is 98.7 Å². The molecule has 0 aromatic heterocycles. The smallest absolute Gasteiger partial charge is 0.337 e. The van der Waals surface area contributed by atoms with Crippen LogP contribution in [0.4, 0.5) is 0 Å². The Hall–Kier alpha value is -2.80. The fourth-order valence-electron chi connectivity index (χ4n) is 7.50. The van der Waals surface area contributed by atoms with Crippen LogP contribution in [-0.2, 0) is 99.7 Å². The first-order valence-electron chi connectivity index (χ1n) is 19.0. The third-order valence-corrected chi connectivity index (χ3v) is 10.5. The average Bonchev–Trinajstić information content (AvgIpc) is 3.24. The summed E-state index contributed by atoms with van der Waals surface area (Å²) in [7, 11) is 9.66. The fourth-order valence-corrected chi connectivity index (χ4v) is 7.50. The zero-order chi connectivity index (χ0) is 45.3. The topological polar surface area (TPSA) is 306 Å². The van der Waals surface area contributed by atoms with Crippen LogP contribution in [0, 0.1) is 0 Å². The Labute approximate surface area is 350 Å². The number of esters is 4. The molecule has 25 heteroatoms. The zero-order valence-corrected chi connectivity index (χ0v) is 35.3. The van der Waals surface area contributed by atoms with E-state index in [1.165, 1.54) is 49.6 Å². The maximum Gasteiger partial charge on any atom is 0.337 e. The minimum atomic E-state index is -2.01. The van der Waals surface area contributed by atoms with E-state index >= 15 is 0 Å². The van der Waals surface area contributed by atoms with Crippen molar-refractivity contribution in [1.29, 1.82) is 0 Å². The number of methoxy groups -OCH3 is 8. The van der Waals surface area contributed by atoms with Gasteiger partial charge in [0.15, 0.2) is 37.4 Å². The summed E-state index contributed by atoms with van der Waals surface area (Å²) >= 11 is 0. The maximum atomic E-state index is 13.4. The zero-order valence-electron chi connectivity index (χ0n) is 35.3. The minimum absolute atomic E-state index is 0.380. The Balaban J connectivity index is 1.64. The Morgan fingerprint density at radius 3 is 1.33 bits per heavy atom. The molecule has 25 nitrogen and oxygen atoms in total. The second-order valence-electron chi connectivity index (χ2n) is 14.1. The highest BCUT2D eigenvalue weighted by molar-refractivity contribution is 5.76. The van der Waals surface area contributed by atoms with Crippen LogP contribution in [0.15, 0.2) is 0 Å². The highest BCUT2D eigenvalue weighted by atomic mass is 16.8. The first kappa shape index (κ1) is 50.8. The molecule has 4 fully saturated rings. The number of aliphatic hydroxyl groups is 4. The second-order valence-corrected chi connectivity index (χ2v) is 14.1. The Bertz CT molecular complexity index is 1420. The van der Waals surface area contributed by atoms with Crippen molar-refractivity contribution in [1.82, 2.24) is 0 Å². The SMILES string of the molecule is COC(=O)C1O[C@@H](O[C@H]2C(O)C(O)[C@@H](O[C@H]3C(OC)C(OC)[C@@H](O[C@@H]4C(COC(C)=O)O[C@H](OC)[C@@H](O)C4OC)O[C@H]3C(=O)OC)O[C@H]2COC(C)=O)[C@@H](OC)C(OC)[C@@H]1O. The number of hydrogen-bond acceptors (Lipinski definition) is 25. The van der Waals surface area contributed by atoms with Crippen LogP contribution in [-0.4, -0.2) is 237 Å². The summed E-state index contributed by atoms with van der Waals surface area (Å²) in [5.74, 6) is -3.44. The van der Waals surface area contributed by atoms with Crippen LogP contribution < -0.4 is 0 Å². The standard InChI is InChI=1S/C36H58O25/c1-13(37)53-11-15-21(57-35-29(48-6)23(45-3)19(41)25(59-35)31(43)50-8)17(39)18(40)34(56-15)60-27-26(47-5)30(49-7)36(61-28(27)32(44)51-9)58-22-16(12-54-14(2)38)55-33(52-10)20(42)24(22)46-4/h15-30,33-36,39-42H,11-12H2,1-10H3/t15-,16?,17?,18?,19-,20-,21+,22+,23?,24?,25?,26?,27-,28+,29-,30?,33-,34+,35+,36-/m0/s1. The van der Waals surface area contributed by atoms with Gasteiger partial charge in [-0.05, 0) is 0 Å². The van der Waals surface area contributed by atoms with Crippen molar-refractivity contribution in [3.8, 4) is 0 Å². The van der Waals surface area contributed by atoms with E-state index in [-0.39, 0.29) is 6.61 Å². The van der Waals surface area contributed by atoms with Gasteiger partial charge in [-0.15, -0.1) is 0 Å². The molecule has 4 heterocycles. The van der Waals surface area contributed by atoms with Crippen LogP contribution in [0.3, 0.4) is 0 Å². The maximum absolute atomic E-state index is 13.4. The van der Waals surface area contributed by atoms with Gasteiger partial charge in [-0.3, -0.25) is 9.59 Å². The summed E-state index contributed by atoms with van der Waals surface area (Å²) in [6, 6.07) is 0. The molecule has 4 saturated heterocycles. The van der Waals surface area contributed by atoms with Gasteiger partial charge in [-0.1, -0.05) is 0 Å². The molecule has 0 spiro atoms. The van der Waals surface area contributed by atoms with Gasteiger partial charge >= 0.3 is 23.9 Å².